The summed E-state index contributed by atoms with van der Waals surface area (Å²) >= 11 is 0. The minimum Gasteiger partial charge on any atom is -0.300 e. The molecule has 0 aliphatic carbocycles. The van der Waals surface area contributed by atoms with Gasteiger partial charge in [0, 0.05) is 12.8 Å². The van der Waals surface area contributed by atoms with Crippen molar-refractivity contribution in [3.63, 3.8) is 0 Å². The molecule has 5 nitrogen and oxygen atoms in total. The molecule has 0 aliphatic heterocycles. The fraction of sp³-hybridized carbons (Fsp3) is 0.857. The Bertz CT molecular complexity index is 221. The van der Waals surface area contributed by atoms with Crippen LogP contribution in [0.4, 0.5) is 0 Å². The van der Waals surface area contributed by atoms with Gasteiger partial charge in [-0.1, -0.05) is 20.8 Å². The van der Waals surface area contributed by atoms with Crippen molar-refractivity contribution in [3.8, 4) is 0 Å². The molecule has 0 saturated carbocycles. The molecule has 0 fully saturated rings. The fourth-order valence-corrected chi connectivity index (χ4v) is 0.600. The third-order valence-electron chi connectivity index (χ3n) is 1.03. The van der Waals surface area contributed by atoms with Gasteiger partial charge in [0.1, 0.15) is 5.78 Å². The Morgan fingerprint density at radius 3 is 1.69 bits per heavy atom. The normalized spacial score (nSPS) is 10.6. The molecule has 0 aromatic carbocycles. The first-order valence-electron chi connectivity index (χ1n) is 3.88. The van der Waals surface area contributed by atoms with Crippen LogP contribution in [0.15, 0.2) is 0 Å². The lowest BCUT2D eigenvalue weighted by Crippen LogP contribution is -1.99. The molecule has 2 N–H and O–H groups in total. The first-order chi connectivity index (χ1) is 5.66. The second-order valence-electron chi connectivity index (χ2n) is 2.94. The Balaban J connectivity index is 0. The fourth-order valence-electron chi connectivity index (χ4n) is 0.600. The highest BCUT2D eigenvalue weighted by Crippen LogP contribution is 2.01. The summed E-state index contributed by atoms with van der Waals surface area (Å²) in [5.74, 6) is 0.905. The van der Waals surface area contributed by atoms with Gasteiger partial charge in [-0.15, -0.1) is 0 Å². The van der Waals surface area contributed by atoms with Crippen molar-refractivity contribution in [3.05, 3.63) is 0 Å². The van der Waals surface area contributed by atoms with E-state index in [1.807, 2.05) is 6.92 Å². The summed E-state index contributed by atoms with van der Waals surface area (Å²) in [6.45, 7) is 6.03. The highest BCUT2D eigenvalue weighted by molar-refractivity contribution is 7.79. The highest BCUT2D eigenvalue weighted by Gasteiger charge is 1.99. The van der Waals surface area contributed by atoms with Crippen LogP contribution in [0.25, 0.3) is 0 Å². The first-order valence-corrected chi connectivity index (χ1v) is 5.28. The summed E-state index contributed by atoms with van der Waals surface area (Å²) < 4.78 is 31.6. The topological polar surface area (TPSA) is 91.7 Å². The predicted molar refractivity (Wildman–Crippen MR) is 48.9 cm³/mol. The van der Waals surface area contributed by atoms with Crippen molar-refractivity contribution < 1.29 is 22.3 Å². The lowest BCUT2D eigenvalue weighted by atomic mass is 10.1. The monoisotopic (exact) mass is 212 g/mol. The molecule has 0 radical (unpaired) electrons. The van der Waals surface area contributed by atoms with Crippen LogP contribution >= 0.6 is 0 Å². The Morgan fingerprint density at radius 1 is 1.31 bits per heavy atom. The number of hydrogen-bond donors (Lipinski definition) is 2. The SMILES string of the molecule is CCC(=O)CC(C)C.O=S(=O)(O)O. The van der Waals surface area contributed by atoms with Crippen molar-refractivity contribution in [1.82, 2.24) is 0 Å². The molecule has 0 heterocycles. The molecular formula is C7H16O5S. The molecule has 80 valence electrons. The molecule has 0 spiro atoms. The van der Waals surface area contributed by atoms with Crippen LogP contribution in [0.3, 0.4) is 0 Å². The smallest absolute Gasteiger partial charge is 0.300 e. The van der Waals surface area contributed by atoms with Crippen molar-refractivity contribution >= 4 is 16.2 Å². The number of carbonyl (C=O) groups excluding carboxylic acids is 1. The van der Waals surface area contributed by atoms with Crippen LogP contribution in [-0.4, -0.2) is 23.3 Å². The van der Waals surface area contributed by atoms with E-state index < -0.39 is 10.4 Å². The third kappa shape index (κ3) is 34.2. The van der Waals surface area contributed by atoms with E-state index in [1.54, 1.807) is 0 Å². The van der Waals surface area contributed by atoms with Gasteiger partial charge in [-0.25, -0.2) is 0 Å². The molecule has 13 heavy (non-hydrogen) atoms. The van der Waals surface area contributed by atoms with Crippen molar-refractivity contribution in [2.45, 2.75) is 33.6 Å². The van der Waals surface area contributed by atoms with E-state index in [4.69, 9.17) is 17.5 Å². The molecule has 6 heteroatoms. The third-order valence-corrected chi connectivity index (χ3v) is 1.03. The number of rotatable bonds is 3. The van der Waals surface area contributed by atoms with Gasteiger partial charge in [0.25, 0.3) is 0 Å². The summed E-state index contributed by atoms with van der Waals surface area (Å²) in [5, 5.41) is 0. The van der Waals surface area contributed by atoms with Gasteiger partial charge in [0.2, 0.25) is 0 Å². The van der Waals surface area contributed by atoms with Crippen LogP contribution in [-0.2, 0) is 15.2 Å². The maximum absolute atomic E-state index is 10.6. The lowest BCUT2D eigenvalue weighted by Gasteiger charge is -1.98. The Hall–Kier alpha value is -0.460. The summed E-state index contributed by atoms with van der Waals surface area (Å²) in [5.41, 5.74) is 0. The van der Waals surface area contributed by atoms with Crippen molar-refractivity contribution in [1.29, 1.82) is 0 Å². The van der Waals surface area contributed by atoms with E-state index in [0.717, 1.165) is 6.42 Å². The lowest BCUT2D eigenvalue weighted by molar-refractivity contribution is -0.119. The van der Waals surface area contributed by atoms with Gasteiger partial charge >= 0.3 is 10.4 Å². The molecule has 0 aromatic heterocycles. The van der Waals surface area contributed by atoms with Crippen LogP contribution in [0.2, 0.25) is 0 Å². The van der Waals surface area contributed by atoms with Crippen molar-refractivity contribution in [2.75, 3.05) is 0 Å². The average molecular weight is 212 g/mol. The maximum Gasteiger partial charge on any atom is 0.394 e. The van der Waals surface area contributed by atoms with Gasteiger partial charge in [-0.3, -0.25) is 13.9 Å². The van der Waals surface area contributed by atoms with Crippen LogP contribution < -0.4 is 0 Å². The molecule has 0 amide bonds. The Kier molecular flexibility index (Phi) is 8.09. The number of carbonyl (C=O) groups is 1. The second kappa shape index (κ2) is 6.99. The van der Waals surface area contributed by atoms with E-state index in [2.05, 4.69) is 13.8 Å². The number of hydrogen-bond acceptors (Lipinski definition) is 3. The quantitative estimate of drug-likeness (QED) is 0.689. The summed E-state index contributed by atoms with van der Waals surface area (Å²) in [7, 11) is -4.67. The van der Waals surface area contributed by atoms with Gasteiger partial charge in [0.05, 0.1) is 0 Å². The zero-order valence-electron chi connectivity index (χ0n) is 8.02. The van der Waals surface area contributed by atoms with Gasteiger partial charge in [-0.05, 0) is 5.92 Å². The Labute approximate surface area is 78.7 Å². The van der Waals surface area contributed by atoms with Gasteiger partial charge in [0.15, 0.2) is 0 Å². The van der Waals surface area contributed by atoms with Crippen LogP contribution in [0.5, 0.6) is 0 Å². The standard InChI is InChI=1S/C7H14O.H2O4S/c1-4-7(8)5-6(2)3;1-5(2,3)4/h6H,4-5H2,1-3H3;(H2,1,2,3,4). The van der Waals surface area contributed by atoms with Crippen molar-refractivity contribution in [2.24, 2.45) is 5.92 Å². The van der Waals surface area contributed by atoms with E-state index in [-0.39, 0.29) is 0 Å². The van der Waals surface area contributed by atoms with E-state index in [1.165, 1.54) is 0 Å². The van der Waals surface area contributed by atoms with Gasteiger partial charge < -0.3 is 0 Å². The van der Waals surface area contributed by atoms with E-state index in [9.17, 15) is 4.79 Å². The second-order valence-corrected chi connectivity index (χ2v) is 3.83. The molecule has 0 rings (SSSR count). The van der Waals surface area contributed by atoms with Crippen LogP contribution in [0, 0.1) is 5.92 Å². The molecule has 0 aromatic rings. The first kappa shape index (κ1) is 15.0. The van der Waals surface area contributed by atoms with E-state index >= 15 is 0 Å². The molecule has 0 unspecified atom stereocenters. The number of ketones is 1. The summed E-state index contributed by atoms with van der Waals surface area (Å²) in [6, 6.07) is 0. The number of Topliss-reactive ketones (excluding diaryl/α,β-unsaturated/α-hetero) is 1. The molecule has 0 bridgehead atoms. The summed E-state index contributed by atoms with van der Waals surface area (Å²) in [4.78, 5) is 10.6. The predicted octanol–water partition coefficient (Wildman–Crippen LogP) is 1.36. The minimum atomic E-state index is -4.67. The molecule has 0 aliphatic rings. The highest BCUT2D eigenvalue weighted by atomic mass is 32.3. The van der Waals surface area contributed by atoms with Gasteiger partial charge in [-0.2, -0.15) is 8.42 Å². The largest absolute Gasteiger partial charge is 0.394 e. The molecular weight excluding hydrogens is 196 g/mol. The minimum absolute atomic E-state index is 0.375. The summed E-state index contributed by atoms with van der Waals surface area (Å²) in [6.07, 6.45) is 1.44. The van der Waals surface area contributed by atoms with E-state index in [0.29, 0.717) is 18.1 Å². The maximum atomic E-state index is 10.6. The Morgan fingerprint density at radius 2 is 1.62 bits per heavy atom. The average Bonchev–Trinajstić information content (AvgIpc) is 1.82. The zero-order valence-corrected chi connectivity index (χ0v) is 8.84. The zero-order chi connectivity index (χ0) is 11.1. The molecule has 0 atom stereocenters. The molecule has 0 saturated heterocycles. The van der Waals surface area contributed by atoms with Crippen LogP contribution in [0.1, 0.15) is 33.6 Å².